The van der Waals surface area contributed by atoms with E-state index in [1.807, 2.05) is 0 Å². The van der Waals surface area contributed by atoms with Crippen LogP contribution < -0.4 is 15.8 Å². The third-order valence-electron chi connectivity index (χ3n) is 2.71. The van der Waals surface area contributed by atoms with Crippen molar-refractivity contribution in [2.24, 2.45) is 0 Å². The fraction of sp³-hybridized carbons (Fsp3) is 0.133. The van der Waals surface area contributed by atoms with E-state index >= 15 is 0 Å². The van der Waals surface area contributed by atoms with Crippen molar-refractivity contribution in [2.45, 2.75) is 6.42 Å². The molecule has 2 aromatic carbocycles. The second-order valence-electron chi connectivity index (χ2n) is 4.31. The maximum atomic E-state index is 12.9. The molecule has 2 aromatic rings. The lowest BCUT2D eigenvalue weighted by Crippen LogP contribution is -2.15. The summed E-state index contributed by atoms with van der Waals surface area (Å²) < 4.78 is 18.9. The summed E-state index contributed by atoms with van der Waals surface area (Å²) >= 11 is 3.19. The molecule has 110 valence electrons. The van der Waals surface area contributed by atoms with Crippen LogP contribution in [0.25, 0.3) is 0 Å². The first-order chi connectivity index (χ1) is 10.1. The third-order valence-corrected chi connectivity index (χ3v) is 3.37. The van der Waals surface area contributed by atoms with Crippen LogP contribution in [0.4, 0.5) is 15.8 Å². The van der Waals surface area contributed by atoms with Crippen molar-refractivity contribution in [2.75, 3.05) is 17.7 Å². The standard InChI is InChI=1S/C15H14BrFN2O2/c16-11-9-10(17)5-6-13(11)19-15(20)7-8-21-14-4-2-1-3-12(14)18/h1-6,9H,7-8,18H2,(H,19,20). The topological polar surface area (TPSA) is 64.3 Å². The summed E-state index contributed by atoms with van der Waals surface area (Å²) in [6, 6.07) is 11.1. The van der Waals surface area contributed by atoms with Crippen LogP contribution >= 0.6 is 15.9 Å². The lowest BCUT2D eigenvalue weighted by Gasteiger charge is -2.10. The van der Waals surface area contributed by atoms with Crippen LogP contribution in [-0.2, 0) is 4.79 Å². The van der Waals surface area contributed by atoms with Gasteiger partial charge in [-0.2, -0.15) is 0 Å². The Morgan fingerprint density at radius 1 is 1.29 bits per heavy atom. The molecule has 0 unspecified atom stereocenters. The first-order valence-electron chi connectivity index (χ1n) is 6.28. The van der Waals surface area contributed by atoms with Gasteiger partial charge in [0.2, 0.25) is 5.91 Å². The summed E-state index contributed by atoms with van der Waals surface area (Å²) in [5.74, 6) is -0.0483. The number of amides is 1. The van der Waals surface area contributed by atoms with Crippen molar-refractivity contribution in [3.63, 3.8) is 0 Å². The van der Waals surface area contributed by atoms with Crippen molar-refractivity contribution >= 4 is 33.2 Å². The smallest absolute Gasteiger partial charge is 0.227 e. The maximum Gasteiger partial charge on any atom is 0.227 e. The van der Waals surface area contributed by atoms with Crippen LogP contribution in [0.15, 0.2) is 46.9 Å². The molecule has 1 amide bonds. The van der Waals surface area contributed by atoms with Crippen molar-refractivity contribution in [1.82, 2.24) is 0 Å². The summed E-state index contributed by atoms with van der Waals surface area (Å²) in [4.78, 5) is 11.8. The number of carbonyl (C=O) groups is 1. The number of hydrogen-bond donors (Lipinski definition) is 2. The van der Waals surface area contributed by atoms with E-state index in [4.69, 9.17) is 10.5 Å². The second kappa shape index (κ2) is 7.08. The van der Waals surface area contributed by atoms with Gasteiger partial charge in [-0.15, -0.1) is 0 Å². The molecule has 6 heteroatoms. The second-order valence-corrected chi connectivity index (χ2v) is 5.16. The maximum absolute atomic E-state index is 12.9. The number of carbonyl (C=O) groups excluding carboxylic acids is 1. The highest BCUT2D eigenvalue weighted by atomic mass is 79.9. The summed E-state index contributed by atoms with van der Waals surface area (Å²) in [5, 5.41) is 2.67. The van der Waals surface area contributed by atoms with Crippen molar-refractivity contribution < 1.29 is 13.9 Å². The summed E-state index contributed by atoms with van der Waals surface area (Å²) in [6.45, 7) is 0.207. The van der Waals surface area contributed by atoms with Crippen LogP contribution in [-0.4, -0.2) is 12.5 Å². The van der Waals surface area contributed by atoms with Crippen LogP contribution in [0.3, 0.4) is 0 Å². The van der Waals surface area contributed by atoms with Crippen LogP contribution in [0.1, 0.15) is 6.42 Å². The number of hydrogen-bond acceptors (Lipinski definition) is 3. The highest BCUT2D eigenvalue weighted by molar-refractivity contribution is 9.10. The summed E-state index contributed by atoms with van der Waals surface area (Å²) in [6.07, 6.45) is 0.165. The molecule has 0 saturated carbocycles. The van der Waals surface area contributed by atoms with Gasteiger partial charge in [0.25, 0.3) is 0 Å². The molecule has 0 aliphatic carbocycles. The van der Waals surface area contributed by atoms with Gasteiger partial charge in [-0.1, -0.05) is 12.1 Å². The number of anilines is 2. The average Bonchev–Trinajstić information content (AvgIpc) is 2.44. The molecule has 0 aliphatic rings. The van der Waals surface area contributed by atoms with Gasteiger partial charge in [-0.3, -0.25) is 4.79 Å². The minimum atomic E-state index is -0.372. The van der Waals surface area contributed by atoms with Gasteiger partial charge in [-0.25, -0.2) is 4.39 Å². The highest BCUT2D eigenvalue weighted by Crippen LogP contribution is 2.23. The Morgan fingerprint density at radius 3 is 2.76 bits per heavy atom. The molecule has 0 aromatic heterocycles. The fourth-order valence-corrected chi connectivity index (χ4v) is 2.12. The van der Waals surface area contributed by atoms with Gasteiger partial charge in [-0.05, 0) is 46.3 Å². The summed E-state index contributed by atoms with van der Waals surface area (Å²) in [5.41, 5.74) is 6.77. The van der Waals surface area contributed by atoms with E-state index in [9.17, 15) is 9.18 Å². The van der Waals surface area contributed by atoms with Crippen LogP contribution in [0.2, 0.25) is 0 Å². The zero-order chi connectivity index (χ0) is 15.2. The number of rotatable bonds is 5. The molecule has 0 radical (unpaired) electrons. The van der Waals surface area contributed by atoms with E-state index in [2.05, 4.69) is 21.2 Å². The largest absolute Gasteiger partial charge is 0.491 e. The van der Waals surface area contributed by atoms with E-state index in [0.717, 1.165) is 0 Å². The van der Waals surface area contributed by atoms with Crippen molar-refractivity contribution in [3.05, 3.63) is 52.8 Å². The number of nitrogens with two attached hydrogens (primary N) is 1. The number of para-hydroxylation sites is 2. The highest BCUT2D eigenvalue weighted by Gasteiger charge is 2.07. The molecule has 2 rings (SSSR count). The van der Waals surface area contributed by atoms with E-state index in [0.29, 0.717) is 21.6 Å². The minimum Gasteiger partial charge on any atom is -0.491 e. The molecule has 0 bridgehead atoms. The van der Waals surface area contributed by atoms with Gasteiger partial charge in [0, 0.05) is 4.47 Å². The van der Waals surface area contributed by atoms with E-state index < -0.39 is 0 Å². The lowest BCUT2D eigenvalue weighted by atomic mass is 10.3. The molecule has 21 heavy (non-hydrogen) atoms. The van der Waals surface area contributed by atoms with E-state index in [-0.39, 0.29) is 24.8 Å². The minimum absolute atomic E-state index is 0.165. The Morgan fingerprint density at radius 2 is 2.05 bits per heavy atom. The number of halogens is 2. The Labute approximate surface area is 130 Å². The Bertz CT molecular complexity index is 649. The third kappa shape index (κ3) is 4.46. The Hall–Kier alpha value is -2.08. The molecule has 0 spiro atoms. The fourth-order valence-electron chi connectivity index (χ4n) is 1.67. The molecule has 4 nitrogen and oxygen atoms in total. The van der Waals surface area contributed by atoms with Gasteiger partial charge >= 0.3 is 0 Å². The number of nitrogen functional groups attached to an aromatic ring is 1. The van der Waals surface area contributed by atoms with E-state index in [1.54, 1.807) is 24.3 Å². The number of nitrogens with one attached hydrogen (secondary N) is 1. The van der Waals surface area contributed by atoms with Crippen LogP contribution in [0, 0.1) is 5.82 Å². The van der Waals surface area contributed by atoms with Gasteiger partial charge in [0.1, 0.15) is 11.6 Å². The average molecular weight is 353 g/mol. The molecule has 3 N–H and O–H groups in total. The Kier molecular flexibility index (Phi) is 5.16. The van der Waals surface area contributed by atoms with Gasteiger partial charge < -0.3 is 15.8 Å². The normalized spacial score (nSPS) is 10.2. The first-order valence-corrected chi connectivity index (χ1v) is 7.08. The quantitative estimate of drug-likeness (QED) is 0.808. The molecule has 0 heterocycles. The first kappa shape index (κ1) is 15.3. The van der Waals surface area contributed by atoms with Gasteiger partial charge in [0.15, 0.2) is 0 Å². The predicted molar refractivity (Wildman–Crippen MR) is 83.7 cm³/mol. The molecule has 0 fully saturated rings. The molecular weight excluding hydrogens is 339 g/mol. The van der Waals surface area contributed by atoms with Gasteiger partial charge in [0.05, 0.1) is 24.4 Å². The molecule has 0 atom stereocenters. The zero-order valence-electron chi connectivity index (χ0n) is 11.1. The SMILES string of the molecule is Nc1ccccc1OCCC(=O)Nc1ccc(F)cc1Br. The van der Waals surface area contributed by atoms with Crippen molar-refractivity contribution in [3.8, 4) is 5.75 Å². The molecular formula is C15H14BrFN2O2. The Balaban J connectivity index is 1.84. The zero-order valence-corrected chi connectivity index (χ0v) is 12.7. The molecule has 0 saturated heterocycles. The van der Waals surface area contributed by atoms with Crippen LogP contribution in [0.5, 0.6) is 5.75 Å². The number of benzene rings is 2. The van der Waals surface area contributed by atoms with Crippen molar-refractivity contribution in [1.29, 1.82) is 0 Å². The lowest BCUT2D eigenvalue weighted by molar-refractivity contribution is -0.116. The molecule has 0 aliphatic heterocycles. The predicted octanol–water partition coefficient (Wildman–Crippen LogP) is 3.58. The monoisotopic (exact) mass is 352 g/mol. The summed E-state index contributed by atoms with van der Waals surface area (Å²) in [7, 11) is 0. The number of ether oxygens (including phenoxy) is 1. The van der Waals surface area contributed by atoms with E-state index in [1.165, 1.54) is 18.2 Å².